The molecule has 2 rings (SSSR count). The zero-order valence-electron chi connectivity index (χ0n) is 10.9. The van der Waals surface area contributed by atoms with Gasteiger partial charge in [0.25, 0.3) is 0 Å². The minimum Gasteiger partial charge on any atom is -0.478 e. The molecule has 1 heterocycles. The lowest BCUT2D eigenvalue weighted by Gasteiger charge is -2.34. The van der Waals surface area contributed by atoms with Gasteiger partial charge in [-0.15, -0.1) is 0 Å². The zero-order chi connectivity index (χ0) is 14.9. The summed E-state index contributed by atoms with van der Waals surface area (Å²) in [4.78, 5) is 12.1. The molecule has 2 N–H and O–H groups in total. The third-order valence-corrected chi connectivity index (χ3v) is 3.51. The summed E-state index contributed by atoms with van der Waals surface area (Å²) in [6, 6.07) is 0.587. The van der Waals surface area contributed by atoms with E-state index in [0.29, 0.717) is 25.6 Å². The maximum Gasteiger partial charge on any atom is 0.338 e. The van der Waals surface area contributed by atoms with Crippen molar-refractivity contribution in [2.75, 3.05) is 25.0 Å². The highest BCUT2D eigenvalue weighted by molar-refractivity contribution is 5.88. The average molecular weight is 288 g/mol. The topological polar surface area (TPSA) is 52.6 Å². The summed E-state index contributed by atoms with van der Waals surface area (Å²) in [6.45, 7) is 0.744. The molecule has 0 amide bonds. The quantitative estimate of drug-likeness (QED) is 0.835. The number of nitrogens with zero attached hydrogens (tertiary/aromatic N) is 1. The standard InChI is InChI=1S/C13H15F3N2O2/c1-17-7-3-2-4-18(6-7)12-9(14)5-8(13(19)20)10(15)11(12)16/h5,7,17H,2-4,6H2,1H3,(H,19,20). The zero-order valence-corrected chi connectivity index (χ0v) is 10.9. The first-order valence-corrected chi connectivity index (χ1v) is 6.28. The maximum atomic E-state index is 14.0. The SMILES string of the molecule is CNC1CCCN(c2c(F)cc(C(=O)O)c(F)c2F)C1. The van der Waals surface area contributed by atoms with Gasteiger partial charge in [0.15, 0.2) is 17.5 Å². The van der Waals surface area contributed by atoms with Gasteiger partial charge >= 0.3 is 5.97 Å². The molecule has 110 valence electrons. The first-order chi connectivity index (χ1) is 9.45. The smallest absolute Gasteiger partial charge is 0.338 e. The number of carboxylic acid groups (broad SMARTS) is 1. The number of piperidine rings is 1. The molecule has 0 spiro atoms. The molecule has 0 saturated carbocycles. The van der Waals surface area contributed by atoms with Gasteiger partial charge in [0.1, 0.15) is 11.3 Å². The van der Waals surface area contributed by atoms with Gasteiger partial charge in [-0.2, -0.15) is 0 Å². The van der Waals surface area contributed by atoms with Crippen molar-refractivity contribution in [3.05, 3.63) is 29.1 Å². The van der Waals surface area contributed by atoms with Crippen LogP contribution in [0.5, 0.6) is 0 Å². The van der Waals surface area contributed by atoms with Gasteiger partial charge in [0.2, 0.25) is 0 Å². The monoisotopic (exact) mass is 288 g/mol. The number of halogens is 3. The lowest BCUT2D eigenvalue weighted by atomic mass is 10.0. The minimum atomic E-state index is -1.70. The molecule has 1 unspecified atom stereocenters. The second-order valence-electron chi connectivity index (χ2n) is 4.76. The van der Waals surface area contributed by atoms with E-state index in [1.807, 2.05) is 0 Å². The summed E-state index contributed by atoms with van der Waals surface area (Å²) in [5.74, 6) is -5.73. The third kappa shape index (κ3) is 2.58. The second kappa shape index (κ2) is 5.70. The highest BCUT2D eigenvalue weighted by atomic mass is 19.2. The summed E-state index contributed by atoms with van der Waals surface area (Å²) in [6.07, 6.45) is 1.58. The summed E-state index contributed by atoms with van der Waals surface area (Å²) >= 11 is 0. The van der Waals surface area contributed by atoms with Crippen molar-refractivity contribution in [3.63, 3.8) is 0 Å². The van der Waals surface area contributed by atoms with Crippen LogP contribution in [0.2, 0.25) is 0 Å². The van der Waals surface area contributed by atoms with Gasteiger partial charge in [-0.05, 0) is 26.0 Å². The van der Waals surface area contributed by atoms with Crippen molar-refractivity contribution in [2.45, 2.75) is 18.9 Å². The Morgan fingerprint density at radius 1 is 1.40 bits per heavy atom. The maximum absolute atomic E-state index is 14.0. The van der Waals surface area contributed by atoms with Gasteiger partial charge in [-0.25, -0.2) is 18.0 Å². The molecule has 20 heavy (non-hydrogen) atoms. The van der Waals surface area contributed by atoms with Gasteiger partial charge < -0.3 is 15.3 Å². The van der Waals surface area contributed by atoms with E-state index < -0.39 is 34.7 Å². The predicted octanol–water partition coefficient (Wildman–Crippen LogP) is 1.99. The Bertz CT molecular complexity index is 537. The predicted molar refractivity (Wildman–Crippen MR) is 67.6 cm³/mol. The number of nitrogens with one attached hydrogen (secondary N) is 1. The highest BCUT2D eigenvalue weighted by Crippen LogP contribution is 2.30. The molecular weight excluding hydrogens is 273 g/mol. The van der Waals surface area contributed by atoms with Crippen LogP contribution in [0.3, 0.4) is 0 Å². The molecule has 1 saturated heterocycles. The average Bonchev–Trinajstić information content (AvgIpc) is 2.43. The van der Waals surface area contributed by atoms with Crippen LogP contribution in [-0.4, -0.2) is 37.3 Å². The van der Waals surface area contributed by atoms with E-state index in [4.69, 9.17) is 5.11 Å². The van der Waals surface area contributed by atoms with E-state index in [1.54, 1.807) is 7.05 Å². The van der Waals surface area contributed by atoms with E-state index in [-0.39, 0.29) is 6.04 Å². The molecule has 0 radical (unpaired) electrons. The van der Waals surface area contributed by atoms with Crippen molar-refractivity contribution < 1.29 is 23.1 Å². The van der Waals surface area contributed by atoms with Crippen molar-refractivity contribution in [3.8, 4) is 0 Å². The summed E-state index contributed by atoms with van der Waals surface area (Å²) in [5.41, 5.74) is -1.49. The number of benzene rings is 1. The Balaban J connectivity index is 2.42. The highest BCUT2D eigenvalue weighted by Gasteiger charge is 2.28. The Labute approximate surface area is 114 Å². The van der Waals surface area contributed by atoms with Crippen LogP contribution in [0.15, 0.2) is 6.07 Å². The Kier molecular flexibility index (Phi) is 4.17. The van der Waals surface area contributed by atoms with Crippen LogP contribution in [-0.2, 0) is 0 Å². The fraction of sp³-hybridized carbons (Fsp3) is 0.462. The normalized spacial score (nSPS) is 19.2. The first kappa shape index (κ1) is 14.6. The molecule has 7 heteroatoms. The Morgan fingerprint density at radius 2 is 2.10 bits per heavy atom. The Hall–Kier alpha value is -1.76. The van der Waals surface area contributed by atoms with Gasteiger partial charge in [0.05, 0.1) is 0 Å². The molecule has 1 atom stereocenters. The van der Waals surface area contributed by atoms with Crippen LogP contribution >= 0.6 is 0 Å². The van der Waals surface area contributed by atoms with Crippen LogP contribution in [0.1, 0.15) is 23.2 Å². The van der Waals surface area contributed by atoms with E-state index in [9.17, 15) is 18.0 Å². The molecule has 1 aliphatic heterocycles. The molecule has 1 aromatic rings. The van der Waals surface area contributed by atoms with E-state index in [2.05, 4.69) is 5.32 Å². The molecule has 1 fully saturated rings. The number of carbonyl (C=O) groups is 1. The number of hydrogen-bond acceptors (Lipinski definition) is 3. The van der Waals surface area contributed by atoms with Crippen LogP contribution < -0.4 is 10.2 Å². The summed E-state index contributed by atoms with van der Waals surface area (Å²) in [7, 11) is 1.75. The first-order valence-electron chi connectivity index (χ1n) is 6.28. The van der Waals surface area contributed by atoms with Crippen molar-refractivity contribution in [1.82, 2.24) is 5.32 Å². The van der Waals surface area contributed by atoms with Crippen LogP contribution in [0.4, 0.5) is 18.9 Å². The van der Waals surface area contributed by atoms with Gasteiger partial charge in [-0.1, -0.05) is 0 Å². The minimum absolute atomic E-state index is 0.0600. The third-order valence-electron chi connectivity index (χ3n) is 3.51. The molecule has 1 aromatic carbocycles. The largest absolute Gasteiger partial charge is 0.478 e. The lowest BCUT2D eigenvalue weighted by molar-refractivity contribution is 0.0690. The number of likely N-dealkylation sites (N-methyl/N-ethyl adjacent to an activating group) is 1. The lowest BCUT2D eigenvalue weighted by Crippen LogP contribution is -2.45. The number of aromatic carboxylic acids is 1. The van der Waals surface area contributed by atoms with Gasteiger partial charge in [-0.3, -0.25) is 0 Å². The van der Waals surface area contributed by atoms with Gasteiger partial charge in [0, 0.05) is 19.1 Å². The molecule has 0 aliphatic carbocycles. The molecule has 0 aromatic heterocycles. The molecule has 4 nitrogen and oxygen atoms in total. The number of hydrogen-bond donors (Lipinski definition) is 2. The van der Waals surface area contributed by atoms with E-state index in [0.717, 1.165) is 6.42 Å². The Morgan fingerprint density at radius 3 is 2.70 bits per heavy atom. The van der Waals surface area contributed by atoms with E-state index in [1.165, 1.54) is 4.90 Å². The fourth-order valence-electron chi connectivity index (χ4n) is 2.45. The number of rotatable bonds is 3. The van der Waals surface area contributed by atoms with E-state index >= 15 is 0 Å². The van der Waals surface area contributed by atoms with Crippen molar-refractivity contribution >= 4 is 11.7 Å². The van der Waals surface area contributed by atoms with Crippen LogP contribution in [0, 0.1) is 17.5 Å². The number of carboxylic acids is 1. The summed E-state index contributed by atoms with van der Waals surface area (Å²) < 4.78 is 41.6. The van der Waals surface area contributed by atoms with Crippen molar-refractivity contribution in [1.29, 1.82) is 0 Å². The van der Waals surface area contributed by atoms with Crippen molar-refractivity contribution in [2.24, 2.45) is 0 Å². The van der Waals surface area contributed by atoms with Crippen LogP contribution in [0.25, 0.3) is 0 Å². The summed E-state index contributed by atoms with van der Waals surface area (Å²) in [5, 5.41) is 11.7. The molecule has 1 aliphatic rings. The number of anilines is 1. The molecular formula is C13H15F3N2O2. The fourth-order valence-corrected chi connectivity index (χ4v) is 2.45. The molecule has 0 bridgehead atoms. The second-order valence-corrected chi connectivity index (χ2v) is 4.76.